The lowest BCUT2D eigenvalue weighted by molar-refractivity contribution is 0.0286. The Hall–Kier alpha value is -0.770. The van der Waals surface area contributed by atoms with Crippen molar-refractivity contribution < 1.29 is 19.0 Å². The fourth-order valence-corrected chi connectivity index (χ4v) is 1.41. The standard InChI is InChI=1S/C13H26O4/c1-3-5-6-7-8-9-10-16-13(14)17-12-11-15-4-2/h3-12H2,1-2H3. The van der Waals surface area contributed by atoms with Crippen molar-refractivity contribution in [3.05, 3.63) is 0 Å². The second kappa shape index (κ2) is 13.3. The molecule has 0 N–H and O–H groups in total. The molecule has 102 valence electrons. The summed E-state index contributed by atoms with van der Waals surface area (Å²) in [7, 11) is 0. The molecule has 0 amide bonds. The van der Waals surface area contributed by atoms with Crippen molar-refractivity contribution in [1.82, 2.24) is 0 Å². The summed E-state index contributed by atoms with van der Waals surface area (Å²) < 4.78 is 14.7. The average molecular weight is 246 g/mol. The second-order valence-electron chi connectivity index (χ2n) is 3.91. The first-order valence-corrected chi connectivity index (χ1v) is 6.68. The molecule has 0 radical (unpaired) electrons. The second-order valence-corrected chi connectivity index (χ2v) is 3.91. The van der Waals surface area contributed by atoms with Gasteiger partial charge in [-0.05, 0) is 13.3 Å². The number of hydrogen-bond donors (Lipinski definition) is 0. The van der Waals surface area contributed by atoms with Crippen LogP contribution in [0.3, 0.4) is 0 Å². The van der Waals surface area contributed by atoms with Crippen molar-refractivity contribution in [2.75, 3.05) is 26.4 Å². The lowest BCUT2D eigenvalue weighted by Crippen LogP contribution is -2.12. The molecule has 0 unspecified atom stereocenters. The van der Waals surface area contributed by atoms with Gasteiger partial charge in [-0.3, -0.25) is 0 Å². The van der Waals surface area contributed by atoms with Crippen molar-refractivity contribution >= 4 is 6.16 Å². The van der Waals surface area contributed by atoms with E-state index in [0.29, 0.717) is 19.8 Å². The largest absolute Gasteiger partial charge is 0.508 e. The molecule has 0 fully saturated rings. The van der Waals surface area contributed by atoms with E-state index in [1.54, 1.807) is 0 Å². The average Bonchev–Trinajstić information content (AvgIpc) is 2.33. The number of carbonyl (C=O) groups excluding carboxylic acids is 1. The van der Waals surface area contributed by atoms with Crippen molar-refractivity contribution in [1.29, 1.82) is 0 Å². The van der Waals surface area contributed by atoms with Gasteiger partial charge in [0.2, 0.25) is 0 Å². The van der Waals surface area contributed by atoms with Gasteiger partial charge < -0.3 is 14.2 Å². The zero-order valence-electron chi connectivity index (χ0n) is 11.2. The zero-order valence-corrected chi connectivity index (χ0v) is 11.2. The molecule has 0 aromatic rings. The number of unbranched alkanes of at least 4 members (excludes halogenated alkanes) is 5. The van der Waals surface area contributed by atoms with Gasteiger partial charge in [0.1, 0.15) is 6.61 Å². The summed E-state index contributed by atoms with van der Waals surface area (Å²) in [5.74, 6) is 0. The maximum absolute atomic E-state index is 11.0. The van der Waals surface area contributed by atoms with Crippen LogP contribution in [-0.2, 0) is 14.2 Å². The minimum atomic E-state index is -0.585. The van der Waals surface area contributed by atoms with Gasteiger partial charge in [0, 0.05) is 6.61 Å². The maximum atomic E-state index is 11.0. The highest BCUT2D eigenvalue weighted by molar-refractivity contribution is 5.59. The van der Waals surface area contributed by atoms with Crippen LogP contribution in [0, 0.1) is 0 Å². The molecular formula is C13H26O4. The molecule has 4 nitrogen and oxygen atoms in total. The van der Waals surface area contributed by atoms with Gasteiger partial charge in [-0.1, -0.05) is 39.0 Å². The SMILES string of the molecule is CCCCCCCCOC(=O)OCCOCC. The summed E-state index contributed by atoms with van der Waals surface area (Å²) >= 11 is 0. The van der Waals surface area contributed by atoms with Crippen LogP contribution in [0.2, 0.25) is 0 Å². The fraction of sp³-hybridized carbons (Fsp3) is 0.923. The van der Waals surface area contributed by atoms with Crippen LogP contribution in [0.15, 0.2) is 0 Å². The Morgan fingerprint density at radius 3 is 2.18 bits per heavy atom. The molecule has 0 aromatic heterocycles. The highest BCUT2D eigenvalue weighted by Gasteiger charge is 2.02. The number of ether oxygens (including phenoxy) is 3. The van der Waals surface area contributed by atoms with E-state index < -0.39 is 6.16 Å². The predicted molar refractivity (Wildman–Crippen MR) is 67.2 cm³/mol. The lowest BCUT2D eigenvalue weighted by atomic mass is 10.1. The monoisotopic (exact) mass is 246 g/mol. The van der Waals surface area contributed by atoms with E-state index in [1.807, 2.05) is 6.92 Å². The number of rotatable bonds is 11. The van der Waals surface area contributed by atoms with Crippen molar-refractivity contribution in [3.8, 4) is 0 Å². The topological polar surface area (TPSA) is 44.8 Å². The van der Waals surface area contributed by atoms with Gasteiger partial charge in [0.05, 0.1) is 13.2 Å². The van der Waals surface area contributed by atoms with Crippen molar-refractivity contribution in [2.45, 2.75) is 52.4 Å². The third-order valence-electron chi connectivity index (χ3n) is 2.37. The summed E-state index contributed by atoms with van der Waals surface area (Å²) in [6, 6.07) is 0. The van der Waals surface area contributed by atoms with Gasteiger partial charge >= 0.3 is 6.16 Å². The van der Waals surface area contributed by atoms with E-state index in [2.05, 4.69) is 6.92 Å². The summed E-state index contributed by atoms with van der Waals surface area (Å²) in [4.78, 5) is 11.0. The first kappa shape index (κ1) is 16.2. The molecule has 17 heavy (non-hydrogen) atoms. The molecule has 0 heterocycles. The molecule has 0 bridgehead atoms. The highest BCUT2D eigenvalue weighted by Crippen LogP contribution is 2.05. The van der Waals surface area contributed by atoms with E-state index in [0.717, 1.165) is 12.8 Å². The minimum absolute atomic E-state index is 0.267. The van der Waals surface area contributed by atoms with E-state index in [4.69, 9.17) is 14.2 Å². The Kier molecular flexibility index (Phi) is 12.7. The van der Waals surface area contributed by atoms with Crippen LogP contribution in [0.4, 0.5) is 4.79 Å². The molecule has 0 rings (SSSR count). The van der Waals surface area contributed by atoms with Gasteiger partial charge in [0.15, 0.2) is 0 Å². The molecule has 0 saturated heterocycles. The molecule has 0 aromatic carbocycles. The molecule has 0 aliphatic rings. The van der Waals surface area contributed by atoms with Crippen molar-refractivity contribution in [2.24, 2.45) is 0 Å². The first-order valence-electron chi connectivity index (χ1n) is 6.68. The fourth-order valence-electron chi connectivity index (χ4n) is 1.41. The molecule has 4 heteroatoms. The van der Waals surface area contributed by atoms with Crippen LogP contribution in [-0.4, -0.2) is 32.6 Å². The quantitative estimate of drug-likeness (QED) is 0.413. The van der Waals surface area contributed by atoms with Crippen LogP contribution in [0.25, 0.3) is 0 Å². The van der Waals surface area contributed by atoms with E-state index in [-0.39, 0.29) is 6.61 Å². The van der Waals surface area contributed by atoms with E-state index in [9.17, 15) is 4.79 Å². The van der Waals surface area contributed by atoms with Gasteiger partial charge in [-0.25, -0.2) is 4.79 Å². The Morgan fingerprint density at radius 2 is 1.47 bits per heavy atom. The Morgan fingerprint density at radius 1 is 0.824 bits per heavy atom. The summed E-state index contributed by atoms with van der Waals surface area (Å²) in [6.45, 7) is 5.89. The molecule has 0 aliphatic heterocycles. The first-order chi connectivity index (χ1) is 8.31. The summed E-state index contributed by atoms with van der Waals surface area (Å²) in [5.41, 5.74) is 0. The molecule has 0 atom stereocenters. The Labute approximate surface area is 105 Å². The maximum Gasteiger partial charge on any atom is 0.508 e. The van der Waals surface area contributed by atoms with Crippen molar-refractivity contribution in [3.63, 3.8) is 0 Å². The van der Waals surface area contributed by atoms with E-state index >= 15 is 0 Å². The molecule has 0 aliphatic carbocycles. The van der Waals surface area contributed by atoms with Gasteiger partial charge in [-0.2, -0.15) is 0 Å². The third kappa shape index (κ3) is 13.2. The number of hydrogen-bond acceptors (Lipinski definition) is 4. The zero-order chi connectivity index (χ0) is 12.8. The smallest absolute Gasteiger partial charge is 0.434 e. The van der Waals surface area contributed by atoms with E-state index in [1.165, 1.54) is 25.7 Å². The summed E-state index contributed by atoms with van der Waals surface area (Å²) in [5, 5.41) is 0. The molecule has 0 saturated carbocycles. The van der Waals surface area contributed by atoms with Crippen LogP contribution < -0.4 is 0 Å². The Bertz CT molecular complexity index is 171. The third-order valence-corrected chi connectivity index (χ3v) is 2.37. The van der Waals surface area contributed by atoms with Crippen LogP contribution >= 0.6 is 0 Å². The predicted octanol–water partition coefficient (Wildman–Crippen LogP) is 3.54. The van der Waals surface area contributed by atoms with Gasteiger partial charge in [0.25, 0.3) is 0 Å². The van der Waals surface area contributed by atoms with Gasteiger partial charge in [-0.15, -0.1) is 0 Å². The molecule has 0 spiro atoms. The van der Waals surface area contributed by atoms with Crippen LogP contribution in [0.1, 0.15) is 52.4 Å². The number of carbonyl (C=O) groups is 1. The Balaban J connectivity index is 3.11. The van der Waals surface area contributed by atoms with Crippen LogP contribution in [0.5, 0.6) is 0 Å². The lowest BCUT2D eigenvalue weighted by Gasteiger charge is -2.06. The highest BCUT2D eigenvalue weighted by atomic mass is 16.7. The molecular weight excluding hydrogens is 220 g/mol. The normalized spacial score (nSPS) is 10.2. The minimum Gasteiger partial charge on any atom is -0.434 e. The summed E-state index contributed by atoms with van der Waals surface area (Å²) in [6.07, 6.45) is 6.49.